The first-order chi connectivity index (χ1) is 7.74. The van der Waals surface area contributed by atoms with E-state index < -0.39 is 0 Å². The summed E-state index contributed by atoms with van der Waals surface area (Å²) in [5.74, 6) is 0. The quantitative estimate of drug-likeness (QED) is 0.732. The van der Waals surface area contributed by atoms with Crippen LogP contribution >= 0.6 is 11.6 Å². The van der Waals surface area contributed by atoms with Crippen LogP contribution < -0.4 is 0 Å². The minimum Gasteiger partial charge on any atom is -0.392 e. The maximum Gasteiger partial charge on any atom is 0.0640 e. The fourth-order valence-corrected chi connectivity index (χ4v) is 3.89. The Morgan fingerprint density at radius 2 is 2.00 bits per heavy atom. The van der Waals surface area contributed by atoms with Crippen molar-refractivity contribution >= 4 is 11.6 Å². The zero-order valence-corrected chi connectivity index (χ0v) is 10.1. The van der Waals surface area contributed by atoms with Crippen molar-refractivity contribution in [2.75, 3.05) is 0 Å². The minimum atomic E-state index is -0.166. The lowest BCUT2D eigenvalue weighted by atomic mass is 9.67. The van der Waals surface area contributed by atoms with E-state index >= 15 is 0 Å². The standard InChI is InChI=1S/C14H17ClO/c15-12-5-3-4-11-10(12)6-7-13(16)14(11)8-1-2-9-14/h3-5,13,16H,1-2,6-9H2. The van der Waals surface area contributed by atoms with Gasteiger partial charge < -0.3 is 5.11 Å². The summed E-state index contributed by atoms with van der Waals surface area (Å²) in [7, 11) is 0. The molecule has 1 aromatic carbocycles. The van der Waals surface area contributed by atoms with Crippen LogP contribution in [0.25, 0.3) is 0 Å². The van der Waals surface area contributed by atoms with E-state index in [2.05, 4.69) is 6.07 Å². The smallest absolute Gasteiger partial charge is 0.0640 e. The highest BCUT2D eigenvalue weighted by Crippen LogP contribution is 2.49. The highest BCUT2D eigenvalue weighted by molar-refractivity contribution is 6.31. The first-order valence-electron chi connectivity index (χ1n) is 6.20. The van der Waals surface area contributed by atoms with Gasteiger partial charge in [0.15, 0.2) is 0 Å². The number of rotatable bonds is 0. The topological polar surface area (TPSA) is 20.2 Å². The average molecular weight is 237 g/mol. The van der Waals surface area contributed by atoms with Crippen molar-refractivity contribution in [2.24, 2.45) is 0 Å². The zero-order chi connectivity index (χ0) is 11.2. The molecule has 1 saturated carbocycles. The van der Waals surface area contributed by atoms with Crippen molar-refractivity contribution in [3.63, 3.8) is 0 Å². The molecule has 1 N–H and O–H groups in total. The summed E-state index contributed by atoms with van der Waals surface area (Å²) < 4.78 is 0. The highest BCUT2D eigenvalue weighted by Gasteiger charge is 2.45. The molecule has 2 aliphatic carbocycles. The molecular formula is C14H17ClO. The Labute approximate surface area is 101 Å². The number of aliphatic hydroxyl groups excluding tert-OH is 1. The maximum absolute atomic E-state index is 10.4. The summed E-state index contributed by atoms with van der Waals surface area (Å²) in [6.45, 7) is 0. The van der Waals surface area contributed by atoms with Crippen LogP contribution in [-0.4, -0.2) is 11.2 Å². The second-order valence-corrected chi connectivity index (χ2v) is 5.59. The molecule has 1 unspecified atom stereocenters. The van der Waals surface area contributed by atoms with Gasteiger partial charge in [-0.05, 0) is 42.9 Å². The molecular weight excluding hydrogens is 220 g/mol. The Balaban J connectivity index is 2.17. The van der Waals surface area contributed by atoms with Crippen molar-refractivity contribution in [1.82, 2.24) is 0 Å². The highest BCUT2D eigenvalue weighted by atomic mass is 35.5. The Hall–Kier alpha value is -0.530. The number of hydrogen-bond donors (Lipinski definition) is 1. The van der Waals surface area contributed by atoms with Crippen molar-refractivity contribution in [3.8, 4) is 0 Å². The number of halogens is 1. The van der Waals surface area contributed by atoms with Gasteiger partial charge in [0.25, 0.3) is 0 Å². The summed E-state index contributed by atoms with van der Waals surface area (Å²) in [4.78, 5) is 0. The van der Waals surface area contributed by atoms with E-state index in [0.29, 0.717) is 0 Å². The number of benzene rings is 1. The predicted molar refractivity (Wildman–Crippen MR) is 65.9 cm³/mol. The fourth-order valence-electron chi connectivity index (χ4n) is 3.62. The lowest BCUT2D eigenvalue weighted by Gasteiger charge is -2.40. The third kappa shape index (κ3) is 1.34. The second kappa shape index (κ2) is 3.75. The molecule has 1 spiro atoms. The largest absolute Gasteiger partial charge is 0.392 e. The van der Waals surface area contributed by atoms with Gasteiger partial charge in [0, 0.05) is 10.4 Å². The van der Waals surface area contributed by atoms with E-state index in [4.69, 9.17) is 11.6 Å². The predicted octanol–water partition coefficient (Wildman–Crippen LogP) is 3.46. The van der Waals surface area contributed by atoms with Crippen molar-refractivity contribution in [3.05, 3.63) is 34.3 Å². The molecule has 2 aliphatic rings. The van der Waals surface area contributed by atoms with Crippen LogP contribution in [0.2, 0.25) is 5.02 Å². The number of fused-ring (bicyclic) bond motifs is 2. The van der Waals surface area contributed by atoms with Gasteiger partial charge in [-0.25, -0.2) is 0 Å². The van der Waals surface area contributed by atoms with Gasteiger partial charge in [0.1, 0.15) is 0 Å². The van der Waals surface area contributed by atoms with Crippen LogP contribution in [0, 0.1) is 0 Å². The van der Waals surface area contributed by atoms with Crippen molar-refractivity contribution in [1.29, 1.82) is 0 Å². The van der Waals surface area contributed by atoms with Crippen LogP contribution in [0.3, 0.4) is 0 Å². The molecule has 0 bridgehead atoms. The molecule has 1 nitrogen and oxygen atoms in total. The van der Waals surface area contributed by atoms with E-state index in [1.54, 1.807) is 0 Å². The summed E-state index contributed by atoms with van der Waals surface area (Å²) >= 11 is 6.27. The molecule has 0 heterocycles. The molecule has 2 heteroatoms. The van der Waals surface area contributed by atoms with E-state index in [1.807, 2.05) is 12.1 Å². The van der Waals surface area contributed by atoms with Gasteiger partial charge in [-0.1, -0.05) is 36.6 Å². The Bertz CT molecular complexity index is 407. The molecule has 3 rings (SSSR count). The van der Waals surface area contributed by atoms with Crippen LogP contribution in [-0.2, 0) is 11.8 Å². The van der Waals surface area contributed by atoms with E-state index in [1.165, 1.54) is 24.0 Å². The molecule has 1 atom stereocenters. The third-order valence-corrected chi connectivity index (χ3v) is 4.81. The van der Waals surface area contributed by atoms with Crippen LogP contribution in [0.1, 0.15) is 43.2 Å². The van der Waals surface area contributed by atoms with Gasteiger partial charge in [-0.3, -0.25) is 0 Å². The molecule has 0 amide bonds. The Kier molecular flexibility index (Phi) is 2.49. The molecule has 1 fully saturated rings. The molecule has 1 aromatic rings. The van der Waals surface area contributed by atoms with Gasteiger partial charge >= 0.3 is 0 Å². The first-order valence-corrected chi connectivity index (χ1v) is 6.58. The van der Waals surface area contributed by atoms with Crippen LogP contribution in [0.15, 0.2) is 18.2 Å². The lowest BCUT2D eigenvalue weighted by Crippen LogP contribution is -2.41. The molecule has 86 valence electrons. The van der Waals surface area contributed by atoms with Gasteiger partial charge in [0.05, 0.1) is 6.10 Å². The van der Waals surface area contributed by atoms with Gasteiger partial charge in [-0.2, -0.15) is 0 Å². The minimum absolute atomic E-state index is 0.0263. The summed E-state index contributed by atoms with van der Waals surface area (Å²) in [5.41, 5.74) is 2.64. The average Bonchev–Trinajstić information content (AvgIpc) is 2.75. The SMILES string of the molecule is OC1CCc2c(Cl)cccc2C12CCCC2. The molecule has 16 heavy (non-hydrogen) atoms. The van der Waals surface area contributed by atoms with Crippen LogP contribution in [0.4, 0.5) is 0 Å². The fraction of sp³-hybridized carbons (Fsp3) is 0.571. The second-order valence-electron chi connectivity index (χ2n) is 5.18. The Morgan fingerprint density at radius 1 is 1.25 bits per heavy atom. The van der Waals surface area contributed by atoms with E-state index in [9.17, 15) is 5.11 Å². The molecule has 0 aliphatic heterocycles. The lowest BCUT2D eigenvalue weighted by molar-refractivity contribution is 0.0662. The van der Waals surface area contributed by atoms with Crippen molar-refractivity contribution < 1.29 is 5.11 Å². The van der Waals surface area contributed by atoms with Gasteiger partial charge in [0.2, 0.25) is 0 Å². The summed E-state index contributed by atoms with van der Waals surface area (Å²) in [5, 5.41) is 11.2. The monoisotopic (exact) mass is 236 g/mol. The van der Waals surface area contributed by atoms with E-state index in [-0.39, 0.29) is 11.5 Å². The summed E-state index contributed by atoms with van der Waals surface area (Å²) in [6.07, 6.45) is 6.37. The molecule has 0 radical (unpaired) electrons. The maximum atomic E-state index is 10.4. The molecule has 0 aromatic heterocycles. The number of aliphatic hydroxyl groups is 1. The first kappa shape index (κ1) is 10.6. The Morgan fingerprint density at radius 3 is 2.75 bits per heavy atom. The van der Waals surface area contributed by atoms with Crippen LogP contribution in [0.5, 0.6) is 0 Å². The van der Waals surface area contributed by atoms with Gasteiger partial charge in [-0.15, -0.1) is 0 Å². The molecule has 0 saturated heterocycles. The van der Waals surface area contributed by atoms with E-state index in [0.717, 1.165) is 30.7 Å². The number of hydrogen-bond acceptors (Lipinski definition) is 1. The normalized spacial score (nSPS) is 27.0. The third-order valence-electron chi connectivity index (χ3n) is 4.46. The zero-order valence-electron chi connectivity index (χ0n) is 9.38. The van der Waals surface area contributed by atoms with Crippen molar-refractivity contribution in [2.45, 2.75) is 50.0 Å². The summed E-state index contributed by atoms with van der Waals surface area (Å²) in [6, 6.07) is 6.18.